The maximum atomic E-state index is 11.4. The van der Waals surface area contributed by atoms with Gasteiger partial charge < -0.3 is 9.67 Å². The molecule has 2 rings (SSSR count). The van der Waals surface area contributed by atoms with Crippen LogP contribution in [0.25, 0.3) is 0 Å². The third-order valence-electron chi connectivity index (χ3n) is 2.08. The first-order valence-electron chi connectivity index (χ1n) is 5.12. The highest BCUT2D eigenvalue weighted by atomic mass is 32.1. The molecule has 0 spiro atoms. The number of hydrogen-bond donors (Lipinski definition) is 1. The van der Waals surface area contributed by atoms with Crippen LogP contribution in [0, 0.1) is 11.8 Å². The summed E-state index contributed by atoms with van der Waals surface area (Å²) in [6.45, 7) is 0.699. The second kappa shape index (κ2) is 5.82. The Balaban J connectivity index is 2.07. The maximum Gasteiger partial charge on any atom is 0.307 e. The number of hydrogen-bond acceptors (Lipinski definition) is 4. The van der Waals surface area contributed by atoms with Gasteiger partial charge in [0.05, 0.1) is 18.0 Å². The molecule has 0 aliphatic heterocycles. The van der Waals surface area contributed by atoms with Crippen molar-refractivity contribution in [2.45, 2.75) is 13.0 Å². The van der Waals surface area contributed by atoms with Crippen LogP contribution in [0.2, 0.25) is 0 Å². The first-order chi connectivity index (χ1) is 8.29. The molecule has 2 aromatic heterocycles. The third-order valence-corrected chi connectivity index (χ3v) is 3.76. The van der Waals surface area contributed by atoms with E-state index in [0.717, 1.165) is 9.75 Å². The van der Waals surface area contributed by atoms with Crippen LogP contribution in [0.5, 0.6) is 0 Å². The van der Waals surface area contributed by atoms with E-state index >= 15 is 0 Å². The summed E-state index contributed by atoms with van der Waals surface area (Å²) in [5, 5.41) is 10.4. The third kappa shape index (κ3) is 3.30. The molecule has 1 N–H and O–H groups in total. The maximum absolute atomic E-state index is 11.4. The number of aliphatic hydroxyl groups excluding tert-OH is 1. The topological polar surface area (TPSA) is 42.2 Å². The predicted octanol–water partition coefficient (Wildman–Crippen LogP) is 1.75. The van der Waals surface area contributed by atoms with E-state index < -0.39 is 0 Å². The highest BCUT2D eigenvalue weighted by Gasteiger charge is 2.01. The molecule has 2 aromatic rings. The van der Waals surface area contributed by atoms with Crippen LogP contribution in [0.3, 0.4) is 0 Å². The lowest BCUT2D eigenvalue weighted by atomic mass is 10.4. The summed E-state index contributed by atoms with van der Waals surface area (Å²) >= 11 is 2.78. The molecule has 5 heteroatoms. The Kier molecular flexibility index (Phi) is 4.15. The summed E-state index contributed by atoms with van der Waals surface area (Å²) < 4.78 is 1.68. The van der Waals surface area contributed by atoms with E-state index in [9.17, 15) is 4.79 Å². The molecule has 0 saturated carbocycles. The summed E-state index contributed by atoms with van der Waals surface area (Å²) in [5.74, 6) is 5.86. The Morgan fingerprint density at radius 2 is 2.29 bits per heavy atom. The zero-order valence-electron chi connectivity index (χ0n) is 9.05. The number of aromatic nitrogens is 1. The van der Waals surface area contributed by atoms with Gasteiger partial charge in [0.2, 0.25) is 0 Å². The zero-order chi connectivity index (χ0) is 12.1. The van der Waals surface area contributed by atoms with Gasteiger partial charge in [-0.05, 0) is 12.1 Å². The van der Waals surface area contributed by atoms with E-state index in [2.05, 4.69) is 11.8 Å². The fourth-order valence-corrected chi connectivity index (χ4v) is 2.78. The SMILES string of the molecule is O=c1sccn1Cc1ccc(C#CCCO)s1. The molecule has 0 aliphatic rings. The fraction of sp³-hybridized carbons (Fsp3) is 0.250. The molecular weight excluding hydrogens is 254 g/mol. The average molecular weight is 265 g/mol. The minimum absolute atomic E-state index is 0.0614. The highest BCUT2D eigenvalue weighted by molar-refractivity contribution is 7.12. The average Bonchev–Trinajstić information content (AvgIpc) is 2.91. The van der Waals surface area contributed by atoms with E-state index in [1.54, 1.807) is 27.5 Å². The Morgan fingerprint density at radius 1 is 1.41 bits per heavy atom. The van der Waals surface area contributed by atoms with Gasteiger partial charge in [-0.2, -0.15) is 0 Å². The van der Waals surface area contributed by atoms with Crippen LogP contribution in [0.1, 0.15) is 16.2 Å². The number of nitrogens with zero attached hydrogens (tertiary/aromatic N) is 1. The lowest BCUT2D eigenvalue weighted by Gasteiger charge is -1.95. The molecular formula is C12H11NO2S2. The summed E-state index contributed by atoms with van der Waals surface area (Å²) in [4.78, 5) is 13.5. The van der Waals surface area contributed by atoms with Crippen molar-refractivity contribution in [3.8, 4) is 11.8 Å². The van der Waals surface area contributed by atoms with Crippen LogP contribution in [-0.4, -0.2) is 16.3 Å². The first kappa shape index (κ1) is 12.1. The Bertz CT molecular complexity index is 598. The molecule has 17 heavy (non-hydrogen) atoms. The van der Waals surface area contributed by atoms with Crippen molar-refractivity contribution in [2.24, 2.45) is 0 Å². The van der Waals surface area contributed by atoms with Gasteiger partial charge in [0.25, 0.3) is 0 Å². The molecule has 0 atom stereocenters. The number of thiazole rings is 1. The van der Waals surface area contributed by atoms with E-state index in [1.807, 2.05) is 12.1 Å². The smallest absolute Gasteiger partial charge is 0.307 e. The molecule has 0 saturated heterocycles. The van der Waals surface area contributed by atoms with Gasteiger partial charge in [0, 0.05) is 22.9 Å². The molecule has 0 bridgehead atoms. The summed E-state index contributed by atoms with van der Waals surface area (Å²) in [5.41, 5.74) is 0. The number of thiophene rings is 1. The Labute approximate surface area is 107 Å². The van der Waals surface area contributed by atoms with Crippen molar-refractivity contribution in [3.05, 3.63) is 43.1 Å². The molecule has 0 aromatic carbocycles. The molecule has 0 aliphatic carbocycles. The lowest BCUT2D eigenvalue weighted by molar-refractivity contribution is 0.305. The van der Waals surface area contributed by atoms with Gasteiger partial charge in [-0.1, -0.05) is 23.2 Å². The van der Waals surface area contributed by atoms with Crippen molar-refractivity contribution in [2.75, 3.05) is 6.61 Å². The quantitative estimate of drug-likeness (QED) is 0.859. The van der Waals surface area contributed by atoms with Crippen LogP contribution in [0.15, 0.2) is 28.5 Å². The van der Waals surface area contributed by atoms with Crippen molar-refractivity contribution in [1.82, 2.24) is 4.57 Å². The van der Waals surface area contributed by atoms with Gasteiger partial charge in [-0.3, -0.25) is 4.79 Å². The summed E-state index contributed by atoms with van der Waals surface area (Å²) in [6.07, 6.45) is 2.29. The minimum Gasteiger partial charge on any atom is -0.395 e. The second-order valence-corrected chi connectivity index (χ2v) is 5.36. The highest BCUT2D eigenvalue weighted by Crippen LogP contribution is 2.16. The predicted molar refractivity (Wildman–Crippen MR) is 70.6 cm³/mol. The molecule has 0 radical (unpaired) electrons. The van der Waals surface area contributed by atoms with E-state index in [4.69, 9.17) is 5.11 Å². The monoisotopic (exact) mass is 265 g/mol. The Hall–Kier alpha value is -1.35. The Morgan fingerprint density at radius 3 is 3.00 bits per heavy atom. The van der Waals surface area contributed by atoms with Crippen molar-refractivity contribution >= 4 is 22.7 Å². The van der Waals surface area contributed by atoms with Gasteiger partial charge >= 0.3 is 4.87 Å². The van der Waals surface area contributed by atoms with Gasteiger partial charge in [0.15, 0.2) is 0 Å². The largest absolute Gasteiger partial charge is 0.395 e. The molecule has 88 valence electrons. The van der Waals surface area contributed by atoms with Crippen LogP contribution >= 0.6 is 22.7 Å². The van der Waals surface area contributed by atoms with Crippen molar-refractivity contribution in [3.63, 3.8) is 0 Å². The van der Waals surface area contributed by atoms with Gasteiger partial charge in [0.1, 0.15) is 0 Å². The van der Waals surface area contributed by atoms with E-state index in [1.165, 1.54) is 11.3 Å². The van der Waals surface area contributed by atoms with E-state index in [-0.39, 0.29) is 11.5 Å². The normalized spacial score (nSPS) is 9.94. The molecule has 2 heterocycles. The van der Waals surface area contributed by atoms with E-state index in [0.29, 0.717) is 13.0 Å². The summed E-state index contributed by atoms with van der Waals surface area (Å²) in [6, 6.07) is 3.93. The van der Waals surface area contributed by atoms with Gasteiger partial charge in [-0.15, -0.1) is 11.3 Å². The summed E-state index contributed by atoms with van der Waals surface area (Å²) in [7, 11) is 0. The van der Waals surface area contributed by atoms with Crippen LogP contribution in [-0.2, 0) is 6.54 Å². The number of rotatable bonds is 3. The lowest BCUT2D eigenvalue weighted by Crippen LogP contribution is -2.11. The standard InChI is InChI=1S/C12H11NO2S2/c14-7-2-1-3-10-4-5-11(17-10)9-13-6-8-16-12(13)15/h4-6,8,14H,2,7,9H2. The minimum atomic E-state index is 0.0614. The molecule has 3 nitrogen and oxygen atoms in total. The van der Waals surface area contributed by atoms with Crippen LogP contribution in [0.4, 0.5) is 0 Å². The van der Waals surface area contributed by atoms with Crippen molar-refractivity contribution in [1.29, 1.82) is 0 Å². The molecule has 0 fully saturated rings. The van der Waals surface area contributed by atoms with Crippen molar-refractivity contribution < 1.29 is 5.11 Å². The van der Waals surface area contributed by atoms with Crippen LogP contribution < -0.4 is 4.87 Å². The second-order valence-electron chi connectivity index (χ2n) is 3.34. The van der Waals surface area contributed by atoms with Gasteiger partial charge in [-0.25, -0.2) is 0 Å². The zero-order valence-corrected chi connectivity index (χ0v) is 10.7. The molecule has 0 unspecified atom stereocenters. The fourth-order valence-electron chi connectivity index (χ4n) is 1.31. The number of aliphatic hydroxyl groups is 1. The molecule has 0 amide bonds. The first-order valence-corrected chi connectivity index (χ1v) is 6.81.